The van der Waals surface area contributed by atoms with Crippen LogP contribution >= 0.6 is 39.9 Å². The molecule has 0 unspecified atom stereocenters. The third-order valence-corrected chi connectivity index (χ3v) is 5.15. The number of benzene rings is 1. The minimum absolute atomic E-state index is 0.0567. The van der Waals surface area contributed by atoms with Gasteiger partial charge in [0.15, 0.2) is 0 Å². The highest BCUT2D eigenvalue weighted by atomic mass is 79.9. The van der Waals surface area contributed by atoms with Crippen LogP contribution in [0.1, 0.15) is 31.2 Å². The van der Waals surface area contributed by atoms with E-state index in [-0.39, 0.29) is 12.3 Å². The summed E-state index contributed by atoms with van der Waals surface area (Å²) in [5.41, 5.74) is 0.939. The molecule has 4 nitrogen and oxygen atoms in total. The van der Waals surface area contributed by atoms with Crippen molar-refractivity contribution in [3.8, 4) is 0 Å². The van der Waals surface area contributed by atoms with E-state index in [1.807, 2.05) is 30.3 Å². The molecular weight excluding hydrogens is 398 g/mol. The van der Waals surface area contributed by atoms with Crippen LogP contribution in [0.4, 0.5) is 0 Å². The Bertz CT molecular complexity index is 660. The first-order valence-electron chi connectivity index (χ1n) is 7.18. The summed E-state index contributed by atoms with van der Waals surface area (Å²) in [7, 11) is 0. The molecule has 0 N–H and O–H groups in total. The van der Waals surface area contributed by atoms with Crippen molar-refractivity contribution in [1.82, 2.24) is 4.90 Å². The van der Waals surface area contributed by atoms with Gasteiger partial charge in [0, 0.05) is 17.0 Å². The van der Waals surface area contributed by atoms with Gasteiger partial charge in [-0.05, 0) is 43.0 Å². The van der Waals surface area contributed by atoms with E-state index in [9.17, 15) is 14.7 Å². The molecule has 0 radical (unpaired) electrons. The first-order chi connectivity index (χ1) is 11.0. The summed E-state index contributed by atoms with van der Waals surface area (Å²) in [5.74, 6) is -1.12. The second-order valence-electron chi connectivity index (χ2n) is 5.07. The van der Waals surface area contributed by atoms with Gasteiger partial charge in [0.1, 0.15) is 4.32 Å². The van der Waals surface area contributed by atoms with E-state index in [4.69, 9.17) is 12.2 Å². The lowest BCUT2D eigenvalue weighted by Gasteiger charge is -2.14. The van der Waals surface area contributed by atoms with Gasteiger partial charge >= 0.3 is 0 Å². The van der Waals surface area contributed by atoms with Crippen LogP contribution in [0, 0.1) is 0 Å². The molecule has 0 aliphatic carbocycles. The van der Waals surface area contributed by atoms with Crippen molar-refractivity contribution >= 4 is 62.2 Å². The average molecular weight is 413 g/mol. The van der Waals surface area contributed by atoms with Gasteiger partial charge in [0.25, 0.3) is 5.91 Å². The number of carbonyl (C=O) groups is 2. The lowest BCUT2D eigenvalue weighted by atomic mass is 10.2. The number of thiocarbonyl (C=S) groups is 1. The summed E-state index contributed by atoms with van der Waals surface area (Å²) in [6.07, 6.45) is 3.91. The van der Waals surface area contributed by atoms with Crippen LogP contribution in [0.15, 0.2) is 33.6 Å². The fraction of sp³-hybridized carbons (Fsp3) is 0.312. The number of thioether (sulfide) groups is 1. The van der Waals surface area contributed by atoms with Gasteiger partial charge in [0.05, 0.1) is 4.91 Å². The first kappa shape index (κ1) is 18.2. The fourth-order valence-corrected chi connectivity index (χ4v) is 3.88. The van der Waals surface area contributed by atoms with Crippen LogP contribution in [0.5, 0.6) is 0 Å². The minimum atomic E-state index is -1.03. The summed E-state index contributed by atoms with van der Waals surface area (Å²) in [6, 6.07) is 7.70. The van der Waals surface area contributed by atoms with Crippen molar-refractivity contribution in [3.63, 3.8) is 0 Å². The number of rotatable bonds is 7. The number of nitrogens with zero attached hydrogens (tertiary/aromatic N) is 1. The second-order valence-corrected chi connectivity index (χ2v) is 7.66. The van der Waals surface area contributed by atoms with Gasteiger partial charge in [-0.15, -0.1) is 0 Å². The number of carboxylic acid groups (broad SMARTS) is 1. The van der Waals surface area contributed by atoms with Gasteiger partial charge < -0.3 is 9.90 Å². The van der Waals surface area contributed by atoms with Gasteiger partial charge in [-0.2, -0.15) is 0 Å². The summed E-state index contributed by atoms with van der Waals surface area (Å²) >= 11 is 9.98. The molecule has 1 aromatic rings. The Morgan fingerprint density at radius 2 is 2.13 bits per heavy atom. The molecule has 7 heteroatoms. The third kappa shape index (κ3) is 5.44. The van der Waals surface area contributed by atoms with Crippen molar-refractivity contribution in [2.24, 2.45) is 0 Å². The number of halogens is 1. The van der Waals surface area contributed by atoms with E-state index in [0.717, 1.165) is 22.9 Å². The summed E-state index contributed by atoms with van der Waals surface area (Å²) < 4.78 is 1.51. The number of carboxylic acids is 1. The number of aliphatic carboxylic acids is 1. The lowest BCUT2D eigenvalue weighted by Crippen LogP contribution is -2.29. The molecule has 1 fully saturated rings. The predicted molar refractivity (Wildman–Crippen MR) is 97.5 cm³/mol. The van der Waals surface area contributed by atoms with E-state index >= 15 is 0 Å². The van der Waals surface area contributed by atoms with E-state index in [1.165, 1.54) is 11.8 Å². The third-order valence-electron chi connectivity index (χ3n) is 3.28. The number of unbranched alkanes of at least 4 members (excludes halogenated alkanes) is 2. The molecule has 1 amide bonds. The van der Waals surface area contributed by atoms with Crippen LogP contribution in [0.3, 0.4) is 0 Å². The Kier molecular flexibility index (Phi) is 6.80. The van der Waals surface area contributed by atoms with Crippen molar-refractivity contribution in [3.05, 3.63) is 39.2 Å². The van der Waals surface area contributed by atoms with Gasteiger partial charge in [-0.25, -0.2) is 0 Å². The highest BCUT2D eigenvalue weighted by Gasteiger charge is 2.31. The molecular formula is C16H15BrNO3S2-. The second kappa shape index (κ2) is 8.61. The predicted octanol–water partition coefficient (Wildman–Crippen LogP) is 2.96. The van der Waals surface area contributed by atoms with E-state index in [1.54, 1.807) is 4.90 Å². The maximum atomic E-state index is 12.4. The maximum Gasteiger partial charge on any atom is 0.266 e. The number of amides is 1. The van der Waals surface area contributed by atoms with Crippen molar-refractivity contribution < 1.29 is 14.7 Å². The van der Waals surface area contributed by atoms with Crippen molar-refractivity contribution in [2.75, 3.05) is 6.54 Å². The molecule has 1 aliphatic rings. The number of hydrogen-bond donors (Lipinski definition) is 0. The monoisotopic (exact) mass is 412 g/mol. The molecule has 0 aromatic heterocycles. The van der Waals surface area contributed by atoms with Crippen LogP contribution in [0.25, 0.3) is 6.08 Å². The lowest BCUT2D eigenvalue weighted by molar-refractivity contribution is -0.305. The molecule has 1 heterocycles. The van der Waals surface area contributed by atoms with Crippen molar-refractivity contribution in [1.29, 1.82) is 0 Å². The smallest absolute Gasteiger partial charge is 0.266 e. The minimum Gasteiger partial charge on any atom is -0.550 e. The highest BCUT2D eigenvalue weighted by molar-refractivity contribution is 9.10. The number of carbonyl (C=O) groups excluding carboxylic acids is 2. The molecule has 0 saturated carbocycles. The van der Waals surface area contributed by atoms with E-state index in [2.05, 4.69) is 15.9 Å². The molecule has 0 bridgehead atoms. The normalized spacial score (nSPS) is 16.4. The summed E-state index contributed by atoms with van der Waals surface area (Å²) in [6.45, 7) is 0.521. The zero-order valence-electron chi connectivity index (χ0n) is 12.3. The topological polar surface area (TPSA) is 60.4 Å². The van der Waals surface area contributed by atoms with E-state index in [0.29, 0.717) is 22.2 Å². The Morgan fingerprint density at radius 3 is 2.83 bits per heavy atom. The van der Waals surface area contributed by atoms with Gasteiger partial charge in [-0.3, -0.25) is 9.69 Å². The molecule has 1 aliphatic heterocycles. The largest absolute Gasteiger partial charge is 0.550 e. The van der Waals surface area contributed by atoms with Crippen LogP contribution in [0.2, 0.25) is 0 Å². The molecule has 2 rings (SSSR count). The molecule has 0 atom stereocenters. The van der Waals surface area contributed by atoms with Crippen LogP contribution < -0.4 is 5.11 Å². The number of hydrogen-bond acceptors (Lipinski definition) is 5. The van der Waals surface area contributed by atoms with Crippen LogP contribution in [-0.4, -0.2) is 27.6 Å². The molecule has 1 aromatic carbocycles. The van der Waals surface area contributed by atoms with Crippen molar-refractivity contribution in [2.45, 2.75) is 25.7 Å². The summed E-state index contributed by atoms with van der Waals surface area (Å²) in [5, 5.41) is 10.4. The Labute approximate surface area is 153 Å². The highest BCUT2D eigenvalue weighted by Crippen LogP contribution is 2.33. The molecule has 122 valence electrons. The molecule has 23 heavy (non-hydrogen) atoms. The molecule has 0 spiro atoms. The summed E-state index contributed by atoms with van der Waals surface area (Å²) in [4.78, 5) is 25.0. The SMILES string of the molecule is O=C([O-])CCCCCN1C(=O)C(=Cc2cccc(Br)c2)SC1=S. The first-order valence-corrected chi connectivity index (χ1v) is 9.20. The Morgan fingerprint density at radius 1 is 1.35 bits per heavy atom. The molecule has 1 saturated heterocycles. The van der Waals surface area contributed by atoms with Crippen LogP contribution in [-0.2, 0) is 9.59 Å². The average Bonchev–Trinajstić information content (AvgIpc) is 2.74. The Hall–Kier alpha value is -1.18. The Balaban J connectivity index is 1.93. The van der Waals surface area contributed by atoms with Gasteiger partial charge in [0.2, 0.25) is 0 Å². The zero-order valence-corrected chi connectivity index (χ0v) is 15.5. The quantitative estimate of drug-likeness (QED) is 0.391. The standard InChI is InChI=1S/C16H16BrNO3S2/c17-12-6-4-5-11(9-12)10-13-15(21)18(16(22)23-13)8-3-1-2-7-14(19)20/h4-6,9-10H,1-3,7-8H2,(H,19,20)/p-1. The maximum absolute atomic E-state index is 12.4. The fourth-order valence-electron chi connectivity index (χ4n) is 2.16. The zero-order chi connectivity index (χ0) is 16.8. The van der Waals surface area contributed by atoms with Gasteiger partial charge in [-0.1, -0.05) is 58.5 Å². The van der Waals surface area contributed by atoms with E-state index < -0.39 is 5.97 Å².